The number of hydrogen-bond acceptors (Lipinski definition) is 6. The summed E-state index contributed by atoms with van der Waals surface area (Å²) in [5, 5.41) is 0. The minimum atomic E-state index is -0.324. The zero-order valence-electron chi connectivity index (χ0n) is 20.4. The molecule has 0 bridgehead atoms. The second-order valence-corrected chi connectivity index (χ2v) is 9.02. The summed E-state index contributed by atoms with van der Waals surface area (Å²) >= 11 is 0. The fourth-order valence-electron chi connectivity index (χ4n) is 4.52. The number of aromatic nitrogens is 1. The third kappa shape index (κ3) is 5.75. The Balaban J connectivity index is 1.33. The van der Waals surface area contributed by atoms with Gasteiger partial charge in [-0.2, -0.15) is 0 Å². The van der Waals surface area contributed by atoms with Crippen LogP contribution in [0.1, 0.15) is 64.2 Å². The molecule has 1 aliphatic rings. The molecule has 1 aromatic heterocycles. The Morgan fingerprint density at radius 3 is 2.50 bits per heavy atom. The molecule has 2 aromatic carbocycles. The molecule has 2 unspecified atom stereocenters. The fourth-order valence-corrected chi connectivity index (χ4v) is 4.52. The van der Waals surface area contributed by atoms with Crippen LogP contribution in [0.4, 0.5) is 0 Å². The zero-order valence-corrected chi connectivity index (χ0v) is 20.4. The number of hydrogen-bond donors (Lipinski definition) is 0. The van der Waals surface area contributed by atoms with E-state index in [0.717, 1.165) is 53.8 Å². The van der Waals surface area contributed by atoms with Gasteiger partial charge in [0, 0.05) is 5.56 Å². The van der Waals surface area contributed by atoms with Gasteiger partial charge in [0.2, 0.25) is 5.89 Å². The molecule has 0 radical (unpaired) electrons. The summed E-state index contributed by atoms with van der Waals surface area (Å²) in [5.41, 5.74) is 5.33. The van der Waals surface area contributed by atoms with Crippen LogP contribution in [0.25, 0.3) is 11.5 Å². The molecule has 3 aromatic rings. The second-order valence-electron chi connectivity index (χ2n) is 9.02. The summed E-state index contributed by atoms with van der Waals surface area (Å²) in [5.74, 6) is 1.09. The van der Waals surface area contributed by atoms with E-state index >= 15 is 0 Å². The summed E-state index contributed by atoms with van der Waals surface area (Å²) in [4.78, 5) is 16.9. The molecule has 1 aliphatic carbocycles. The Morgan fingerprint density at radius 2 is 1.76 bits per heavy atom. The molecule has 4 rings (SSSR count). The van der Waals surface area contributed by atoms with Crippen LogP contribution in [-0.2, 0) is 27.4 Å². The van der Waals surface area contributed by atoms with Crippen molar-refractivity contribution in [3.63, 3.8) is 0 Å². The van der Waals surface area contributed by atoms with Crippen molar-refractivity contribution >= 4 is 5.97 Å². The van der Waals surface area contributed by atoms with Gasteiger partial charge < -0.3 is 18.6 Å². The Hall–Kier alpha value is -2.96. The van der Waals surface area contributed by atoms with Crippen molar-refractivity contribution in [2.75, 3.05) is 7.11 Å². The lowest BCUT2D eigenvalue weighted by atomic mass is 9.94. The first-order chi connectivity index (χ1) is 16.4. The van der Waals surface area contributed by atoms with Crippen molar-refractivity contribution < 1.29 is 23.4 Å². The van der Waals surface area contributed by atoms with Crippen LogP contribution in [0.15, 0.2) is 46.9 Å². The number of nitrogens with zero attached hydrogens (tertiary/aromatic N) is 1. The zero-order chi connectivity index (χ0) is 24.1. The Kier molecular flexibility index (Phi) is 7.80. The number of carbonyl (C=O) groups is 1. The van der Waals surface area contributed by atoms with Crippen molar-refractivity contribution in [1.29, 1.82) is 0 Å². The van der Waals surface area contributed by atoms with Crippen molar-refractivity contribution in [2.24, 2.45) is 0 Å². The number of esters is 1. The fraction of sp³-hybridized carbons (Fsp3) is 0.429. The summed E-state index contributed by atoms with van der Waals surface area (Å²) in [7, 11) is 1.41. The normalized spacial score (nSPS) is 18.1. The molecular formula is C28H33NO5. The van der Waals surface area contributed by atoms with Crippen molar-refractivity contribution in [3.8, 4) is 11.5 Å². The van der Waals surface area contributed by atoms with Gasteiger partial charge in [-0.3, -0.25) is 0 Å². The van der Waals surface area contributed by atoms with Gasteiger partial charge in [0.1, 0.15) is 11.5 Å². The quantitative estimate of drug-likeness (QED) is 0.376. The van der Waals surface area contributed by atoms with Gasteiger partial charge in [-0.05, 0) is 69.7 Å². The summed E-state index contributed by atoms with van der Waals surface area (Å²) in [6.45, 7) is 6.70. The number of benzene rings is 2. The van der Waals surface area contributed by atoms with E-state index in [9.17, 15) is 4.79 Å². The van der Waals surface area contributed by atoms with E-state index in [1.54, 1.807) is 0 Å². The first-order valence-electron chi connectivity index (χ1n) is 11.9. The molecule has 0 spiro atoms. The van der Waals surface area contributed by atoms with E-state index in [4.69, 9.17) is 18.6 Å². The molecule has 1 saturated carbocycles. The first-order valence-corrected chi connectivity index (χ1v) is 11.9. The van der Waals surface area contributed by atoms with E-state index in [1.807, 2.05) is 44.2 Å². The van der Waals surface area contributed by atoms with Crippen molar-refractivity contribution in [3.05, 3.63) is 76.2 Å². The van der Waals surface area contributed by atoms with Crippen LogP contribution in [0.5, 0.6) is 0 Å². The molecule has 0 aliphatic heterocycles. The lowest BCUT2D eigenvalue weighted by Crippen LogP contribution is -2.28. The molecule has 2 atom stereocenters. The lowest BCUT2D eigenvalue weighted by molar-refractivity contribution is -0.0564. The van der Waals surface area contributed by atoms with Crippen molar-refractivity contribution in [2.45, 2.75) is 71.9 Å². The van der Waals surface area contributed by atoms with E-state index in [2.05, 4.69) is 24.0 Å². The summed E-state index contributed by atoms with van der Waals surface area (Å²) in [6, 6.07) is 13.9. The standard InChI is InChI=1S/C28H33NO5/c1-18-8-5-10-21(14-18)27-29-25(20(3)34-27)17-33-24-13-7-12-23(15-24)32-16-22-11-6-9-19(2)26(22)28(30)31-4/h5-6,8-11,14,23-24H,7,12-13,15-17H2,1-4H3. The van der Waals surface area contributed by atoms with Gasteiger partial charge >= 0.3 is 5.97 Å². The highest BCUT2D eigenvalue weighted by Crippen LogP contribution is 2.28. The van der Waals surface area contributed by atoms with E-state index < -0.39 is 0 Å². The van der Waals surface area contributed by atoms with Gasteiger partial charge in [-0.25, -0.2) is 9.78 Å². The average Bonchev–Trinajstić information content (AvgIpc) is 3.22. The third-order valence-corrected chi connectivity index (χ3v) is 6.41. The number of methoxy groups -OCH3 is 1. The van der Waals surface area contributed by atoms with E-state index in [1.165, 1.54) is 12.7 Å². The molecule has 6 heteroatoms. The number of oxazole rings is 1. The molecule has 0 amide bonds. The maximum absolute atomic E-state index is 12.2. The smallest absolute Gasteiger partial charge is 0.338 e. The Bertz CT molecular complexity index is 1140. The maximum Gasteiger partial charge on any atom is 0.338 e. The predicted octanol–water partition coefficient (Wildman–Crippen LogP) is 6.10. The van der Waals surface area contributed by atoms with Crippen LogP contribution in [0.2, 0.25) is 0 Å². The first kappa shape index (κ1) is 24.2. The molecule has 1 fully saturated rings. The topological polar surface area (TPSA) is 70.8 Å². The number of ether oxygens (including phenoxy) is 3. The monoisotopic (exact) mass is 463 g/mol. The number of rotatable bonds is 8. The van der Waals surface area contributed by atoms with Gasteiger partial charge in [0.05, 0.1) is 38.1 Å². The molecule has 180 valence electrons. The highest BCUT2D eigenvalue weighted by molar-refractivity contribution is 5.92. The second kappa shape index (κ2) is 11.0. The van der Waals surface area contributed by atoms with E-state index in [0.29, 0.717) is 24.7 Å². The van der Waals surface area contributed by atoms with Gasteiger partial charge in [-0.15, -0.1) is 0 Å². The highest BCUT2D eigenvalue weighted by Gasteiger charge is 2.25. The lowest BCUT2D eigenvalue weighted by Gasteiger charge is -2.29. The predicted molar refractivity (Wildman–Crippen MR) is 130 cm³/mol. The van der Waals surface area contributed by atoms with Crippen LogP contribution in [-0.4, -0.2) is 30.3 Å². The summed E-state index contributed by atoms with van der Waals surface area (Å²) < 4.78 is 23.3. The molecule has 0 saturated heterocycles. The van der Waals surface area contributed by atoms with Crippen molar-refractivity contribution in [1.82, 2.24) is 4.98 Å². The Labute approximate surface area is 201 Å². The SMILES string of the molecule is COC(=O)c1c(C)cccc1COC1CCCC(OCc2nc(-c3cccc(C)c3)oc2C)C1. The van der Waals surface area contributed by atoms with Crippen LogP contribution >= 0.6 is 0 Å². The molecule has 34 heavy (non-hydrogen) atoms. The van der Waals surface area contributed by atoms with Gasteiger partial charge in [-0.1, -0.05) is 35.9 Å². The Morgan fingerprint density at radius 1 is 1.03 bits per heavy atom. The summed E-state index contributed by atoms with van der Waals surface area (Å²) in [6.07, 6.45) is 4.04. The van der Waals surface area contributed by atoms with Gasteiger partial charge in [0.15, 0.2) is 0 Å². The highest BCUT2D eigenvalue weighted by atomic mass is 16.5. The van der Waals surface area contributed by atoms with Crippen LogP contribution in [0, 0.1) is 20.8 Å². The average molecular weight is 464 g/mol. The number of aryl methyl sites for hydroxylation is 3. The van der Waals surface area contributed by atoms with E-state index in [-0.39, 0.29) is 18.2 Å². The molecular weight excluding hydrogens is 430 g/mol. The van der Waals surface area contributed by atoms with Gasteiger partial charge in [0.25, 0.3) is 0 Å². The number of carbonyl (C=O) groups excluding carboxylic acids is 1. The minimum Gasteiger partial charge on any atom is -0.465 e. The molecule has 6 nitrogen and oxygen atoms in total. The minimum absolute atomic E-state index is 0.0889. The van der Waals surface area contributed by atoms with Crippen LogP contribution in [0.3, 0.4) is 0 Å². The third-order valence-electron chi connectivity index (χ3n) is 6.41. The molecule has 1 heterocycles. The molecule has 0 N–H and O–H groups in total. The largest absolute Gasteiger partial charge is 0.465 e. The maximum atomic E-state index is 12.2. The van der Waals surface area contributed by atoms with Crippen LogP contribution < -0.4 is 0 Å².